The number of hydrogen-bond donors (Lipinski definition) is 1. The first-order valence-electron chi connectivity index (χ1n) is 5.17. The third-order valence-electron chi connectivity index (χ3n) is 3.04. The molecule has 3 heterocycles. The quantitative estimate of drug-likeness (QED) is 0.827. The van der Waals surface area contributed by atoms with Crippen molar-refractivity contribution in [1.82, 2.24) is 10.2 Å². The maximum Gasteiger partial charge on any atom is 0.324 e. The van der Waals surface area contributed by atoms with Gasteiger partial charge in [0.2, 0.25) is 0 Å². The number of urea groups is 1. The summed E-state index contributed by atoms with van der Waals surface area (Å²) in [4.78, 5) is 15.9. The van der Waals surface area contributed by atoms with Crippen LogP contribution < -0.4 is 10.2 Å². The molecule has 1 unspecified atom stereocenters. The van der Waals surface area contributed by atoms with E-state index in [1.165, 1.54) is 0 Å². The summed E-state index contributed by atoms with van der Waals surface area (Å²) in [6.45, 7) is 3.50. The average Bonchev–Trinajstić information content (AvgIpc) is 2.87. The molecule has 1 aromatic rings. The van der Waals surface area contributed by atoms with E-state index in [1.54, 1.807) is 11.3 Å². The summed E-state index contributed by atoms with van der Waals surface area (Å²) in [7, 11) is 0. The number of nitrogens with zero attached hydrogens (tertiary/aromatic N) is 2. The fourth-order valence-electron chi connectivity index (χ4n) is 2.25. The van der Waals surface area contributed by atoms with Crippen LogP contribution >= 0.6 is 23.7 Å². The van der Waals surface area contributed by atoms with Crippen molar-refractivity contribution < 1.29 is 4.79 Å². The molecule has 2 aliphatic rings. The van der Waals surface area contributed by atoms with Gasteiger partial charge < -0.3 is 10.2 Å². The number of halogens is 1. The molecule has 3 rings (SSSR count). The van der Waals surface area contributed by atoms with Crippen molar-refractivity contribution in [1.29, 1.82) is 0 Å². The van der Waals surface area contributed by atoms with Gasteiger partial charge in [-0.15, -0.1) is 12.4 Å². The van der Waals surface area contributed by atoms with Crippen molar-refractivity contribution >= 4 is 35.5 Å². The van der Waals surface area contributed by atoms with E-state index >= 15 is 0 Å². The molecule has 0 saturated carbocycles. The highest BCUT2D eigenvalue weighted by molar-refractivity contribution is 7.08. The second-order valence-corrected chi connectivity index (χ2v) is 4.71. The van der Waals surface area contributed by atoms with Crippen molar-refractivity contribution in [3.8, 4) is 0 Å². The predicted molar refractivity (Wildman–Crippen MR) is 67.7 cm³/mol. The van der Waals surface area contributed by atoms with Gasteiger partial charge in [-0.1, -0.05) is 0 Å². The Hall–Kier alpha value is -0.780. The lowest BCUT2D eigenvalue weighted by Gasteiger charge is -2.28. The Bertz CT molecular complexity index is 370. The molecule has 2 aliphatic heterocycles. The standard InChI is InChI=1S/C10H13N3OS.ClH/c14-10-12-3-2-11-5-9(12)6-13(10)8-1-4-15-7-8;/h1,4,7,9,11H,2-3,5-6H2;1H. The Morgan fingerprint density at radius 1 is 1.50 bits per heavy atom. The Morgan fingerprint density at radius 2 is 2.38 bits per heavy atom. The maximum absolute atomic E-state index is 12.1. The third-order valence-corrected chi connectivity index (χ3v) is 3.71. The Morgan fingerprint density at radius 3 is 3.06 bits per heavy atom. The molecule has 88 valence electrons. The highest BCUT2D eigenvalue weighted by Crippen LogP contribution is 2.26. The number of fused-ring (bicyclic) bond motifs is 1. The Balaban J connectivity index is 0.000000963. The van der Waals surface area contributed by atoms with Crippen LogP contribution in [-0.4, -0.2) is 43.2 Å². The number of amides is 2. The first-order chi connectivity index (χ1) is 7.36. The summed E-state index contributed by atoms with van der Waals surface area (Å²) in [5.41, 5.74) is 1.04. The summed E-state index contributed by atoms with van der Waals surface area (Å²) in [5.74, 6) is 0. The summed E-state index contributed by atoms with van der Waals surface area (Å²) in [5, 5.41) is 7.37. The number of rotatable bonds is 1. The smallest absolute Gasteiger partial charge is 0.317 e. The lowest BCUT2D eigenvalue weighted by Crippen LogP contribution is -2.49. The molecular formula is C10H14ClN3OS. The second-order valence-electron chi connectivity index (χ2n) is 3.93. The van der Waals surface area contributed by atoms with Gasteiger partial charge in [0.15, 0.2) is 0 Å². The molecule has 0 aromatic carbocycles. The van der Waals surface area contributed by atoms with E-state index in [4.69, 9.17) is 0 Å². The molecule has 0 bridgehead atoms. The first kappa shape index (κ1) is 11.7. The summed E-state index contributed by atoms with van der Waals surface area (Å²) in [6, 6.07) is 2.53. The predicted octanol–water partition coefficient (Wildman–Crippen LogP) is 1.38. The monoisotopic (exact) mass is 259 g/mol. The highest BCUT2D eigenvalue weighted by atomic mass is 35.5. The molecule has 1 aromatic heterocycles. The minimum Gasteiger partial charge on any atom is -0.317 e. The van der Waals surface area contributed by atoms with Gasteiger partial charge in [-0.3, -0.25) is 4.90 Å². The van der Waals surface area contributed by atoms with Gasteiger partial charge in [0.05, 0.1) is 11.7 Å². The zero-order chi connectivity index (χ0) is 10.3. The van der Waals surface area contributed by atoms with Crippen LogP contribution in [0.25, 0.3) is 0 Å². The maximum atomic E-state index is 12.1. The topological polar surface area (TPSA) is 35.6 Å². The molecule has 0 radical (unpaired) electrons. The molecule has 4 nitrogen and oxygen atoms in total. The summed E-state index contributed by atoms with van der Waals surface area (Å²) < 4.78 is 0. The number of carbonyl (C=O) groups excluding carboxylic acids is 1. The van der Waals surface area contributed by atoms with Crippen molar-refractivity contribution in [3.05, 3.63) is 16.8 Å². The molecule has 1 atom stereocenters. The van der Waals surface area contributed by atoms with Crippen LogP contribution in [-0.2, 0) is 0 Å². The second kappa shape index (κ2) is 4.61. The van der Waals surface area contributed by atoms with Gasteiger partial charge in [0, 0.05) is 31.6 Å². The lowest BCUT2D eigenvalue weighted by molar-refractivity contribution is 0.193. The van der Waals surface area contributed by atoms with Crippen LogP contribution in [0.2, 0.25) is 0 Å². The largest absolute Gasteiger partial charge is 0.324 e. The number of anilines is 1. The molecule has 16 heavy (non-hydrogen) atoms. The average molecular weight is 260 g/mol. The van der Waals surface area contributed by atoms with E-state index in [0.29, 0.717) is 6.04 Å². The van der Waals surface area contributed by atoms with Crippen molar-refractivity contribution in [2.45, 2.75) is 6.04 Å². The van der Waals surface area contributed by atoms with Crippen LogP contribution in [0.5, 0.6) is 0 Å². The van der Waals surface area contributed by atoms with Gasteiger partial charge in [-0.25, -0.2) is 4.79 Å². The van der Waals surface area contributed by atoms with Crippen LogP contribution in [0.15, 0.2) is 16.8 Å². The number of piperazine rings is 1. The zero-order valence-electron chi connectivity index (χ0n) is 8.76. The fourth-order valence-corrected chi connectivity index (χ4v) is 2.89. The molecule has 2 amide bonds. The number of hydrogen-bond acceptors (Lipinski definition) is 3. The van der Waals surface area contributed by atoms with Crippen LogP contribution in [0.3, 0.4) is 0 Å². The number of carbonyl (C=O) groups is 1. The normalized spacial score (nSPS) is 24.2. The number of thiophene rings is 1. The fraction of sp³-hybridized carbons (Fsp3) is 0.500. The van der Waals surface area contributed by atoms with Crippen LogP contribution in [0, 0.1) is 0 Å². The van der Waals surface area contributed by atoms with E-state index in [-0.39, 0.29) is 18.4 Å². The van der Waals surface area contributed by atoms with Gasteiger partial charge in [-0.05, 0) is 11.4 Å². The van der Waals surface area contributed by atoms with Gasteiger partial charge in [0.1, 0.15) is 0 Å². The van der Waals surface area contributed by atoms with E-state index in [9.17, 15) is 4.79 Å². The van der Waals surface area contributed by atoms with Gasteiger partial charge >= 0.3 is 6.03 Å². The van der Waals surface area contributed by atoms with Crippen molar-refractivity contribution in [3.63, 3.8) is 0 Å². The molecule has 0 aliphatic carbocycles. The highest BCUT2D eigenvalue weighted by Gasteiger charge is 2.38. The third kappa shape index (κ3) is 1.79. The van der Waals surface area contributed by atoms with Gasteiger partial charge in [-0.2, -0.15) is 11.3 Å². The Kier molecular flexibility index (Phi) is 3.37. The molecule has 2 saturated heterocycles. The van der Waals surface area contributed by atoms with Gasteiger partial charge in [0.25, 0.3) is 0 Å². The summed E-state index contributed by atoms with van der Waals surface area (Å²) >= 11 is 1.63. The zero-order valence-corrected chi connectivity index (χ0v) is 10.4. The number of nitrogens with one attached hydrogen (secondary N) is 1. The van der Waals surface area contributed by atoms with Crippen LogP contribution in [0.1, 0.15) is 0 Å². The molecule has 1 N–H and O–H groups in total. The van der Waals surface area contributed by atoms with E-state index in [1.807, 2.05) is 26.6 Å². The van der Waals surface area contributed by atoms with E-state index in [2.05, 4.69) is 5.32 Å². The van der Waals surface area contributed by atoms with Crippen molar-refractivity contribution in [2.24, 2.45) is 0 Å². The minimum absolute atomic E-state index is 0. The molecule has 6 heteroatoms. The van der Waals surface area contributed by atoms with Crippen LogP contribution in [0.4, 0.5) is 10.5 Å². The first-order valence-corrected chi connectivity index (χ1v) is 6.11. The SMILES string of the molecule is Cl.O=C1N(c2ccsc2)CC2CNCCN12. The minimum atomic E-state index is 0. The summed E-state index contributed by atoms with van der Waals surface area (Å²) in [6.07, 6.45) is 0. The Labute approximate surface area is 105 Å². The lowest BCUT2D eigenvalue weighted by atomic mass is 10.2. The van der Waals surface area contributed by atoms with Crippen molar-refractivity contribution in [2.75, 3.05) is 31.1 Å². The molecular weight excluding hydrogens is 246 g/mol. The van der Waals surface area contributed by atoms with E-state index < -0.39 is 0 Å². The van der Waals surface area contributed by atoms with E-state index in [0.717, 1.165) is 31.9 Å². The molecule has 0 spiro atoms. The molecule has 2 fully saturated rings.